The Morgan fingerprint density at radius 3 is 2.67 bits per heavy atom. The molecule has 24 heavy (non-hydrogen) atoms. The van der Waals surface area contributed by atoms with Gasteiger partial charge in [0, 0.05) is 19.1 Å². The molecule has 1 aliphatic heterocycles. The van der Waals surface area contributed by atoms with Gasteiger partial charge in [-0.05, 0) is 46.2 Å². The van der Waals surface area contributed by atoms with Gasteiger partial charge in [-0.15, -0.1) is 0 Å². The molecule has 1 heterocycles. The molecule has 1 fully saturated rings. The van der Waals surface area contributed by atoms with Crippen LogP contribution in [0.2, 0.25) is 0 Å². The Morgan fingerprint density at radius 1 is 1.29 bits per heavy atom. The Morgan fingerprint density at radius 2 is 2.00 bits per heavy atom. The predicted octanol–water partition coefficient (Wildman–Crippen LogP) is 2.82. The van der Waals surface area contributed by atoms with E-state index in [4.69, 9.17) is 9.47 Å². The van der Waals surface area contributed by atoms with Crippen molar-refractivity contribution in [3.8, 4) is 5.75 Å². The molecule has 0 unspecified atom stereocenters. The van der Waals surface area contributed by atoms with Crippen LogP contribution >= 0.6 is 0 Å². The summed E-state index contributed by atoms with van der Waals surface area (Å²) in [7, 11) is 0. The van der Waals surface area contributed by atoms with Crippen molar-refractivity contribution in [3.63, 3.8) is 0 Å². The van der Waals surface area contributed by atoms with Gasteiger partial charge in [0.2, 0.25) is 0 Å². The maximum atomic E-state index is 12.5. The number of hydrogen-bond donors (Lipinski definition) is 1. The molecule has 1 aromatic carbocycles. The Balaban J connectivity index is 1.93. The highest BCUT2D eigenvalue weighted by Gasteiger charge is 2.31. The van der Waals surface area contributed by atoms with E-state index in [2.05, 4.69) is 5.32 Å². The van der Waals surface area contributed by atoms with Gasteiger partial charge in [0.25, 0.3) is 5.91 Å². The van der Waals surface area contributed by atoms with E-state index in [-0.39, 0.29) is 18.0 Å². The van der Waals surface area contributed by atoms with Crippen molar-refractivity contribution >= 4 is 12.0 Å². The molecule has 0 aromatic heterocycles. The van der Waals surface area contributed by atoms with Gasteiger partial charge in [-0.25, -0.2) is 4.79 Å². The fourth-order valence-electron chi connectivity index (χ4n) is 2.57. The summed E-state index contributed by atoms with van der Waals surface area (Å²) in [5, 5.41) is 2.97. The molecule has 0 bridgehead atoms. The van der Waals surface area contributed by atoms with Gasteiger partial charge in [-0.2, -0.15) is 0 Å². The maximum Gasteiger partial charge on any atom is 0.410 e. The zero-order valence-corrected chi connectivity index (χ0v) is 14.8. The molecule has 6 heteroatoms. The van der Waals surface area contributed by atoms with Crippen LogP contribution in [0.25, 0.3) is 0 Å². The lowest BCUT2D eigenvalue weighted by molar-refractivity contribution is 0.0290. The molecule has 2 rings (SSSR count). The largest absolute Gasteiger partial charge is 0.493 e. The topological polar surface area (TPSA) is 67.9 Å². The van der Waals surface area contributed by atoms with E-state index in [1.807, 2.05) is 33.8 Å². The molecule has 1 N–H and O–H groups in total. The third-order valence-electron chi connectivity index (χ3n) is 3.61. The van der Waals surface area contributed by atoms with Crippen molar-refractivity contribution in [3.05, 3.63) is 29.8 Å². The van der Waals surface area contributed by atoms with Crippen molar-refractivity contribution in [2.75, 3.05) is 19.7 Å². The Kier molecular flexibility index (Phi) is 5.70. The number of ether oxygens (including phenoxy) is 2. The van der Waals surface area contributed by atoms with Gasteiger partial charge in [0.05, 0.1) is 12.2 Å². The second kappa shape index (κ2) is 7.55. The van der Waals surface area contributed by atoms with Crippen molar-refractivity contribution in [2.24, 2.45) is 0 Å². The molecule has 1 saturated heterocycles. The van der Waals surface area contributed by atoms with Gasteiger partial charge < -0.3 is 19.7 Å². The van der Waals surface area contributed by atoms with Crippen LogP contribution in [-0.4, -0.2) is 48.2 Å². The molecule has 2 amide bonds. The molecule has 0 radical (unpaired) electrons. The van der Waals surface area contributed by atoms with Crippen LogP contribution in [-0.2, 0) is 4.74 Å². The van der Waals surface area contributed by atoms with Crippen molar-refractivity contribution in [1.29, 1.82) is 0 Å². The lowest BCUT2D eigenvalue weighted by atomic mass is 10.1. The minimum absolute atomic E-state index is 0.0836. The van der Waals surface area contributed by atoms with E-state index in [0.29, 0.717) is 37.4 Å². The van der Waals surface area contributed by atoms with Gasteiger partial charge in [-0.3, -0.25) is 4.79 Å². The quantitative estimate of drug-likeness (QED) is 0.919. The number of rotatable bonds is 4. The summed E-state index contributed by atoms with van der Waals surface area (Å²) in [6, 6.07) is 7.07. The first-order chi connectivity index (χ1) is 11.3. The van der Waals surface area contributed by atoms with Crippen LogP contribution in [0.4, 0.5) is 4.79 Å². The number of carbonyl (C=O) groups excluding carboxylic acids is 2. The Labute approximate surface area is 143 Å². The SMILES string of the molecule is CCOc1ccccc1C(=O)N[C@@H]1CCN(C(=O)OC(C)(C)C)C1. The fourth-order valence-corrected chi connectivity index (χ4v) is 2.57. The minimum atomic E-state index is -0.519. The van der Waals surface area contributed by atoms with Gasteiger partial charge in [-0.1, -0.05) is 12.1 Å². The normalized spacial score (nSPS) is 17.5. The molecule has 1 aliphatic rings. The highest BCUT2D eigenvalue weighted by Crippen LogP contribution is 2.19. The molecule has 1 aromatic rings. The predicted molar refractivity (Wildman–Crippen MR) is 91.3 cm³/mol. The van der Waals surface area contributed by atoms with Gasteiger partial charge in [0.1, 0.15) is 11.4 Å². The average molecular weight is 334 g/mol. The molecule has 132 valence electrons. The number of nitrogens with zero attached hydrogens (tertiary/aromatic N) is 1. The second-order valence-corrected chi connectivity index (χ2v) is 6.81. The standard InChI is InChI=1S/C18H26N2O4/c1-5-23-15-9-7-6-8-14(15)16(21)19-13-10-11-20(12-13)17(22)24-18(2,3)4/h6-9,13H,5,10-12H2,1-4H3,(H,19,21)/t13-/m1/s1. The third-order valence-corrected chi connectivity index (χ3v) is 3.61. The molecule has 1 atom stereocenters. The zero-order chi connectivity index (χ0) is 17.7. The number of amides is 2. The van der Waals surface area contributed by atoms with E-state index in [9.17, 15) is 9.59 Å². The van der Waals surface area contributed by atoms with Crippen molar-refractivity contribution in [2.45, 2.75) is 45.8 Å². The van der Waals surface area contributed by atoms with Crippen LogP contribution < -0.4 is 10.1 Å². The van der Waals surface area contributed by atoms with Crippen molar-refractivity contribution in [1.82, 2.24) is 10.2 Å². The lowest BCUT2D eigenvalue weighted by Gasteiger charge is -2.24. The number of benzene rings is 1. The highest BCUT2D eigenvalue weighted by molar-refractivity contribution is 5.97. The summed E-state index contributed by atoms with van der Waals surface area (Å²) >= 11 is 0. The van der Waals surface area contributed by atoms with E-state index < -0.39 is 5.60 Å². The summed E-state index contributed by atoms with van der Waals surface area (Å²) in [6.07, 6.45) is 0.371. The van der Waals surface area contributed by atoms with Crippen LogP contribution in [0.3, 0.4) is 0 Å². The summed E-state index contributed by atoms with van der Waals surface area (Å²) < 4.78 is 10.9. The van der Waals surface area contributed by atoms with E-state index in [0.717, 1.165) is 0 Å². The first kappa shape index (κ1) is 18.1. The number of carbonyl (C=O) groups is 2. The van der Waals surface area contributed by atoms with Crippen LogP contribution in [0.1, 0.15) is 44.5 Å². The van der Waals surface area contributed by atoms with Crippen LogP contribution in [0, 0.1) is 0 Å². The number of hydrogen-bond acceptors (Lipinski definition) is 4. The summed E-state index contributed by atoms with van der Waals surface area (Å²) in [5.74, 6) is 0.384. The molecule has 0 aliphatic carbocycles. The summed E-state index contributed by atoms with van der Waals surface area (Å²) in [5.41, 5.74) is -0.00968. The molecule has 6 nitrogen and oxygen atoms in total. The molecule has 0 spiro atoms. The van der Waals surface area contributed by atoms with E-state index in [1.165, 1.54) is 0 Å². The zero-order valence-electron chi connectivity index (χ0n) is 14.8. The third kappa shape index (κ3) is 4.88. The van der Waals surface area contributed by atoms with Gasteiger partial charge >= 0.3 is 6.09 Å². The molecular formula is C18H26N2O4. The van der Waals surface area contributed by atoms with Crippen molar-refractivity contribution < 1.29 is 19.1 Å². The second-order valence-electron chi connectivity index (χ2n) is 6.81. The maximum absolute atomic E-state index is 12.5. The minimum Gasteiger partial charge on any atom is -0.493 e. The number of nitrogens with one attached hydrogen (secondary N) is 1. The smallest absolute Gasteiger partial charge is 0.410 e. The number of likely N-dealkylation sites (tertiary alicyclic amines) is 1. The average Bonchev–Trinajstić information content (AvgIpc) is 2.95. The monoisotopic (exact) mass is 334 g/mol. The lowest BCUT2D eigenvalue weighted by Crippen LogP contribution is -2.40. The summed E-state index contributed by atoms with van der Waals surface area (Å²) in [6.45, 7) is 8.93. The van der Waals surface area contributed by atoms with E-state index in [1.54, 1.807) is 23.1 Å². The first-order valence-corrected chi connectivity index (χ1v) is 8.30. The molecule has 0 saturated carbocycles. The Bertz CT molecular complexity index is 595. The highest BCUT2D eigenvalue weighted by atomic mass is 16.6. The molecular weight excluding hydrogens is 308 g/mol. The van der Waals surface area contributed by atoms with E-state index >= 15 is 0 Å². The van der Waals surface area contributed by atoms with Crippen LogP contribution in [0.5, 0.6) is 5.75 Å². The number of para-hydroxylation sites is 1. The first-order valence-electron chi connectivity index (χ1n) is 8.30. The Hall–Kier alpha value is -2.24. The fraction of sp³-hybridized carbons (Fsp3) is 0.556. The van der Waals surface area contributed by atoms with Crippen LogP contribution in [0.15, 0.2) is 24.3 Å². The van der Waals surface area contributed by atoms with Gasteiger partial charge in [0.15, 0.2) is 0 Å². The summed E-state index contributed by atoms with van der Waals surface area (Å²) in [4.78, 5) is 26.2.